The van der Waals surface area contributed by atoms with Crippen molar-refractivity contribution in [2.45, 2.75) is 39.8 Å². The molecule has 3 nitrogen and oxygen atoms in total. The number of ether oxygens (including phenoxy) is 1. The summed E-state index contributed by atoms with van der Waals surface area (Å²) in [6.45, 7) is 9.80. The molecule has 0 spiro atoms. The normalized spacial score (nSPS) is 13.3. The molecule has 1 aromatic carbocycles. The summed E-state index contributed by atoms with van der Waals surface area (Å²) in [5, 5.41) is 4.57. The van der Waals surface area contributed by atoms with Crippen LogP contribution in [0.5, 0.6) is 0 Å². The monoisotopic (exact) mass is 261 g/mol. The predicted octanol–water partition coefficient (Wildman–Crippen LogP) is 3.82. The lowest BCUT2D eigenvalue weighted by Gasteiger charge is -2.17. The van der Waals surface area contributed by atoms with Gasteiger partial charge in [-0.1, -0.05) is 18.6 Å². The van der Waals surface area contributed by atoms with Gasteiger partial charge in [0.25, 0.3) is 0 Å². The molecule has 0 aliphatic carbocycles. The number of aryl methyl sites for hydroxylation is 1. The molecule has 0 saturated carbocycles. The summed E-state index contributed by atoms with van der Waals surface area (Å²) in [4.78, 5) is 0. The van der Waals surface area contributed by atoms with Crippen LogP contribution in [0.25, 0.3) is 11.0 Å². The fourth-order valence-electron chi connectivity index (χ4n) is 2.13. The van der Waals surface area contributed by atoms with Gasteiger partial charge in [-0.2, -0.15) is 0 Å². The molecule has 3 heteroatoms. The Hall–Kier alpha value is -1.32. The van der Waals surface area contributed by atoms with E-state index in [1.165, 1.54) is 5.56 Å². The number of hydrogen-bond acceptors (Lipinski definition) is 3. The third-order valence-electron chi connectivity index (χ3n) is 3.08. The smallest absolute Gasteiger partial charge is 0.134 e. The van der Waals surface area contributed by atoms with Gasteiger partial charge in [-0.3, -0.25) is 0 Å². The van der Waals surface area contributed by atoms with Crippen molar-refractivity contribution in [2.75, 3.05) is 13.2 Å². The van der Waals surface area contributed by atoms with Crippen LogP contribution in [0.3, 0.4) is 0 Å². The number of benzene rings is 1. The van der Waals surface area contributed by atoms with Crippen LogP contribution < -0.4 is 5.32 Å². The first-order chi connectivity index (χ1) is 9.10. The molecule has 0 radical (unpaired) electrons. The lowest BCUT2D eigenvalue weighted by atomic mass is 10.1. The van der Waals surface area contributed by atoms with E-state index < -0.39 is 0 Å². The zero-order chi connectivity index (χ0) is 13.8. The predicted molar refractivity (Wildman–Crippen MR) is 78.5 cm³/mol. The molecule has 1 atom stereocenters. The molecular weight excluding hydrogens is 238 g/mol. The first kappa shape index (κ1) is 14.1. The van der Waals surface area contributed by atoms with Gasteiger partial charge in [-0.25, -0.2) is 0 Å². The first-order valence-corrected chi connectivity index (χ1v) is 6.95. The van der Waals surface area contributed by atoms with E-state index in [-0.39, 0.29) is 12.1 Å². The standard InChI is InChI=1S/C16H23NO2/c1-5-17-14(10-18-11(2)3)16-9-13-8-12(4)6-7-15(13)19-16/h6-9,11,14,17H,5,10H2,1-4H3. The zero-order valence-corrected chi connectivity index (χ0v) is 12.2. The van der Waals surface area contributed by atoms with Gasteiger partial charge in [-0.05, 0) is 45.5 Å². The number of rotatable bonds is 6. The quantitative estimate of drug-likeness (QED) is 0.858. The Balaban J connectivity index is 2.22. The van der Waals surface area contributed by atoms with Crippen LogP contribution in [-0.2, 0) is 4.74 Å². The number of likely N-dealkylation sites (N-methyl/N-ethyl adjacent to an activating group) is 1. The molecule has 0 fully saturated rings. The minimum atomic E-state index is 0.111. The highest BCUT2D eigenvalue weighted by Crippen LogP contribution is 2.25. The van der Waals surface area contributed by atoms with Gasteiger partial charge in [0, 0.05) is 5.39 Å². The maximum absolute atomic E-state index is 5.93. The van der Waals surface area contributed by atoms with Crippen LogP contribution in [0.1, 0.15) is 38.1 Å². The minimum Gasteiger partial charge on any atom is -0.459 e. The van der Waals surface area contributed by atoms with E-state index >= 15 is 0 Å². The molecule has 1 unspecified atom stereocenters. The molecule has 19 heavy (non-hydrogen) atoms. The van der Waals surface area contributed by atoms with Crippen molar-refractivity contribution >= 4 is 11.0 Å². The second-order valence-electron chi connectivity index (χ2n) is 5.18. The van der Waals surface area contributed by atoms with Gasteiger partial charge in [-0.15, -0.1) is 0 Å². The van der Waals surface area contributed by atoms with Crippen LogP contribution in [-0.4, -0.2) is 19.3 Å². The van der Waals surface area contributed by atoms with E-state index in [4.69, 9.17) is 9.15 Å². The van der Waals surface area contributed by atoms with Gasteiger partial charge in [0.1, 0.15) is 11.3 Å². The second-order valence-corrected chi connectivity index (χ2v) is 5.18. The Morgan fingerprint density at radius 3 is 2.74 bits per heavy atom. The number of nitrogens with one attached hydrogen (secondary N) is 1. The Morgan fingerprint density at radius 2 is 2.05 bits per heavy atom. The molecule has 0 aliphatic heterocycles. The van der Waals surface area contributed by atoms with Crippen LogP contribution in [0.4, 0.5) is 0 Å². The first-order valence-electron chi connectivity index (χ1n) is 6.95. The zero-order valence-electron chi connectivity index (χ0n) is 12.2. The van der Waals surface area contributed by atoms with Crippen molar-refractivity contribution in [1.29, 1.82) is 0 Å². The SMILES string of the molecule is CCNC(COC(C)C)c1cc2cc(C)ccc2o1. The molecule has 0 bridgehead atoms. The van der Waals surface area contributed by atoms with Gasteiger partial charge in [0.15, 0.2) is 0 Å². The Labute approximate surface area is 114 Å². The number of hydrogen-bond donors (Lipinski definition) is 1. The maximum Gasteiger partial charge on any atom is 0.134 e. The highest BCUT2D eigenvalue weighted by molar-refractivity contribution is 5.78. The molecule has 0 saturated heterocycles. The van der Waals surface area contributed by atoms with E-state index in [0.29, 0.717) is 6.61 Å². The summed E-state index contributed by atoms with van der Waals surface area (Å²) >= 11 is 0. The van der Waals surface area contributed by atoms with Crippen LogP contribution in [0.15, 0.2) is 28.7 Å². The molecule has 0 aliphatic rings. The van der Waals surface area contributed by atoms with Gasteiger partial charge in [0.05, 0.1) is 18.8 Å². The topological polar surface area (TPSA) is 34.4 Å². The lowest BCUT2D eigenvalue weighted by molar-refractivity contribution is 0.0575. The number of furan rings is 1. The van der Waals surface area contributed by atoms with Crippen molar-refractivity contribution < 1.29 is 9.15 Å². The summed E-state index contributed by atoms with van der Waals surface area (Å²) in [7, 11) is 0. The molecule has 2 aromatic rings. The molecule has 104 valence electrons. The molecule has 2 rings (SSSR count). The van der Waals surface area contributed by atoms with Gasteiger partial charge < -0.3 is 14.5 Å². The van der Waals surface area contributed by atoms with Gasteiger partial charge in [0.2, 0.25) is 0 Å². The molecule has 1 N–H and O–H groups in total. The molecular formula is C16H23NO2. The Kier molecular flexibility index (Phi) is 4.61. The van der Waals surface area contributed by atoms with Gasteiger partial charge >= 0.3 is 0 Å². The highest BCUT2D eigenvalue weighted by atomic mass is 16.5. The van der Waals surface area contributed by atoms with E-state index in [9.17, 15) is 0 Å². The van der Waals surface area contributed by atoms with Crippen LogP contribution in [0.2, 0.25) is 0 Å². The third kappa shape index (κ3) is 3.58. The molecule has 0 amide bonds. The molecule has 1 heterocycles. The summed E-state index contributed by atoms with van der Waals surface area (Å²) in [5.74, 6) is 0.947. The van der Waals surface area contributed by atoms with Crippen molar-refractivity contribution in [3.63, 3.8) is 0 Å². The van der Waals surface area contributed by atoms with Crippen LogP contribution >= 0.6 is 0 Å². The third-order valence-corrected chi connectivity index (χ3v) is 3.08. The maximum atomic E-state index is 5.93. The summed E-state index contributed by atoms with van der Waals surface area (Å²) in [5.41, 5.74) is 2.19. The molecule has 1 aromatic heterocycles. The highest BCUT2D eigenvalue weighted by Gasteiger charge is 2.16. The summed E-state index contributed by atoms with van der Waals surface area (Å²) < 4.78 is 11.6. The fourth-order valence-corrected chi connectivity index (χ4v) is 2.13. The summed E-state index contributed by atoms with van der Waals surface area (Å²) in [6, 6.07) is 8.47. The summed E-state index contributed by atoms with van der Waals surface area (Å²) in [6.07, 6.45) is 0.229. The minimum absolute atomic E-state index is 0.111. The Morgan fingerprint density at radius 1 is 1.26 bits per heavy atom. The average Bonchev–Trinajstić information content (AvgIpc) is 2.76. The second kappa shape index (κ2) is 6.22. The van der Waals surface area contributed by atoms with E-state index in [2.05, 4.69) is 37.4 Å². The number of fused-ring (bicyclic) bond motifs is 1. The van der Waals surface area contributed by atoms with Crippen molar-refractivity contribution in [3.8, 4) is 0 Å². The van der Waals surface area contributed by atoms with Crippen molar-refractivity contribution in [2.24, 2.45) is 0 Å². The lowest BCUT2D eigenvalue weighted by Crippen LogP contribution is -2.26. The largest absolute Gasteiger partial charge is 0.459 e. The van der Waals surface area contributed by atoms with E-state index in [1.54, 1.807) is 0 Å². The Bertz CT molecular complexity index is 531. The van der Waals surface area contributed by atoms with Crippen molar-refractivity contribution in [1.82, 2.24) is 5.32 Å². The van der Waals surface area contributed by atoms with E-state index in [1.807, 2.05) is 19.9 Å². The fraction of sp³-hybridized carbons (Fsp3) is 0.500. The van der Waals surface area contributed by atoms with Crippen molar-refractivity contribution in [3.05, 3.63) is 35.6 Å². The van der Waals surface area contributed by atoms with Crippen LogP contribution in [0, 0.1) is 6.92 Å². The average molecular weight is 261 g/mol. The van der Waals surface area contributed by atoms with E-state index in [0.717, 1.165) is 23.3 Å².